The molecule has 0 saturated carbocycles. The number of fused-ring (bicyclic) bond motifs is 16. The summed E-state index contributed by atoms with van der Waals surface area (Å²) < 4.78 is 13.6. The van der Waals surface area contributed by atoms with Gasteiger partial charge in [-0.15, -0.1) is 0 Å². The lowest BCUT2D eigenvalue weighted by atomic mass is 9.65. The van der Waals surface area contributed by atoms with Crippen molar-refractivity contribution in [3.8, 4) is 33.9 Å². The molecule has 11 aromatic rings. The lowest BCUT2D eigenvalue weighted by Gasteiger charge is -2.40. The number of hydrogen-bond acceptors (Lipinski definition) is 4. The number of nitrogens with zero attached hydrogens (tertiary/aromatic N) is 3. The highest BCUT2D eigenvalue weighted by Gasteiger charge is 2.51. The molecule has 1 aliphatic heterocycles. The lowest BCUT2D eigenvalue weighted by Crippen LogP contribution is -2.32. The third kappa shape index (κ3) is 5.54. The Morgan fingerprint density at radius 2 is 1.23 bits per heavy atom. The summed E-state index contributed by atoms with van der Waals surface area (Å²) >= 11 is 0. The summed E-state index contributed by atoms with van der Waals surface area (Å²) in [5.41, 5.74) is 12.8. The van der Waals surface area contributed by atoms with E-state index in [1.165, 1.54) is 22.3 Å². The molecule has 0 bridgehead atoms. The third-order valence-electron chi connectivity index (χ3n) is 13.1. The van der Waals surface area contributed by atoms with E-state index >= 15 is 0 Å². The van der Waals surface area contributed by atoms with Crippen LogP contribution < -0.4 is 4.74 Å². The van der Waals surface area contributed by atoms with Gasteiger partial charge in [-0.2, -0.15) is 0 Å². The van der Waals surface area contributed by atoms with Gasteiger partial charge in [0.1, 0.15) is 22.7 Å². The van der Waals surface area contributed by atoms with Crippen LogP contribution in [0.25, 0.3) is 66.0 Å². The van der Waals surface area contributed by atoms with Crippen molar-refractivity contribution in [3.05, 3.63) is 245 Å². The number of amidine groups is 2. The minimum atomic E-state index is -0.601. The summed E-state index contributed by atoms with van der Waals surface area (Å²) in [6, 6.07) is 70.7. The Bertz CT molecular complexity index is 3800. The molecule has 1 N–H and O–H groups in total. The number of aromatic nitrogens is 1. The summed E-state index contributed by atoms with van der Waals surface area (Å²) in [5.74, 6) is 2.08. The van der Waals surface area contributed by atoms with Gasteiger partial charge < -0.3 is 9.15 Å². The van der Waals surface area contributed by atoms with E-state index in [0.29, 0.717) is 22.5 Å². The Labute approximate surface area is 374 Å². The first-order chi connectivity index (χ1) is 32.1. The van der Waals surface area contributed by atoms with Crippen LogP contribution in [0.4, 0.5) is 0 Å². The van der Waals surface area contributed by atoms with Gasteiger partial charge in [-0.3, -0.25) is 5.41 Å². The van der Waals surface area contributed by atoms with Gasteiger partial charge in [0.05, 0.1) is 22.2 Å². The molecule has 65 heavy (non-hydrogen) atoms. The van der Waals surface area contributed by atoms with Gasteiger partial charge in [0.2, 0.25) is 0 Å². The Hall–Kier alpha value is -8.74. The first-order valence-corrected chi connectivity index (χ1v) is 21.8. The van der Waals surface area contributed by atoms with E-state index in [0.717, 1.165) is 77.5 Å². The van der Waals surface area contributed by atoms with Crippen LogP contribution in [0.2, 0.25) is 0 Å². The summed E-state index contributed by atoms with van der Waals surface area (Å²) in [5, 5.41) is 14.5. The topological polar surface area (TPSA) is 83.8 Å². The molecule has 0 unspecified atom stereocenters. The maximum atomic E-state index is 9.53. The van der Waals surface area contributed by atoms with Gasteiger partial charge in [-0.05, 0) is 58.1 Å². The molecule has 1 aliphatic carbocycles. The van der Waals surface area contributed by atoms with E-state index in [2.05, 4.69) is 115 Å². The van der Waals surface area contributed by atoms with Gasteiger partial charge in [-0.25, -0.2) is 15.0 Å². The molecule has 6 heteroatoms. The molecule has 9 aromatic carbocycles. The van der Waals surface area contributed by atoms with E-state index in [4.69, 9.17) is 24.1 Å². The Morgan fingerprint density at radius 3 is 2.06 bits per heavy atom. The van der Waals surface area contributed by atoms with Crippen LogP contribution in [0.15, 0.2) is 221 Å². The fraction of sp³-hybridized carbons (Fsp3) is 0.0169. The van der Waals surface area contributed by atoms with E-state index in [-0.39, 0.29) is 5.84 Å². The molecule has 13 rings (SSSR count). The minimum Gasteiger partial charge on any atom is -0.456 e. The smallest absolute Gasteiger partial charge is 0.165 e. The van der Waals surface area contributed by atoms with Crippen LogP contribution in [0.5, 0.6) is 11.5 Å². The summed E-state index contributed by atoms with van der Waals surface area (Å²) in [4.78, 5) is 15.2. The first kappa shape index (κ1) is 36.9. The largest absolute Gasteiger partial charge is 0.456 e. The Balaban J connectivity index is 0.994. The third-order valence-corrected chi connectivity index (χ3v) is 13.1. The molecule has 0 amide bonds. The minimum absolute atomic E-state index is 0.0584. The number of pyridine rings is 1. The van der Waals surface area contributed by atoms with Gasteiger partial charge in [0, 0.05) is 55.4 Å². The maximum absolute atomic E-state index is 9.53. The zero-order valence-corrected chi connectivity index (χ0v) is 34.9. The van der Waals surface area contributed by atoms with Crippen LogP contribution in [-0.4, -0.2) is 22.9 Å². The van der Waals surface area contributed by atoms with Crippen LogP contribution in [0, 0.1) is 5.41 Å². The molecular weight excluding hydrogens is 797 g/mol. The van der Waals surface area contributed by atoms with Crippen LogP contribution in [0.3, 0.4) is 0 Å². The van der Waals surface area contributed by atoms with E-state index in [9.17, 15) is 5.41 Å². The lowest BCUT2D eigenvalue weighted by molar-refractivity contribution is 0.442. The molecule has 304 valence electrons. The van der Waals surface area contributed by atoms with Crippen molar-refractivity contribution >= 4 is 61.5 Å². The summed E-state index contributed by atoms with van der Waals surface area (Å²) in [6.45, 7) is 0. The molecular formula is C59H36N4O2. The van der Waals surface area contributed by atoms with Crippen molar-refractivity contribution in [1.82, 2.24) is 4.98 Å². The highest BCUT2D eigenvalue weighted by atomic mass is 16.5. The monoisotopic (exact) mass is 832 g/mol. The van der Waals surface area contributed by atoms with Crippen molar-refractivity contribution in [2.45, 2.75) is 5.41 Å². The quantitative estimate of drug-likeness (QED) is 0.109. The SMILES string of the molecule is N=C(N=C(N=Cc1ccccc1)c1cccc2c1oc1ccccc12)c1cccc(-c2nc3ccccc3c3c4c(ccc23)C2(c3ccccc3O4)c3ccccc3-c3ccccc32)c1. The van der Waals surface area contributed by atoms with Crippen molar-refractivity contribution < 1.29 is 9.15 Å². The highest BCUT2D eigenvalue weighted by Crippen LogP contribution is 2.63. The van der Waals surface area contributed by atoms with E-state index < -0.39 is 5.41 Å². The molecule has 2 aromatic heterocycles. The van der Waals surface area contributed by atoms with E-state index in [1.54, 1.807) is 6.21 Å². The number of furan rings is 1. The van der Waals surface area contributed by atoms with Gasteiger partial charge in [0.15, 0.2) is 11.7 Å². The Morgan fingerprint density at radius 1 is 0.554 bits per heavy atom. The highest BCUT2D eigenvalue weighted by molar-refractivity contribution is 6.20. The number of aliphatic imine (C=N–C) groups is 2. The fourth-order valence-electron chi connectivity index (χ4n) is 10.3. The molecule has 6 nitrogen and oxygen atoms in total. The molecule has 0 saturated heterocycles. The van der Waals surface area contributed by atoms with E-state index in [1.807, 2.05) is 91.0 Å². The number of hydrogen-bond donors (Lipinski definition) is 1. The average Bonchev–Trinajstić information content (AvgIpc) is 3.89. The number of para-hydroxylation sites is 4. The maximum Gasteiger partial charge on any atom is 0.165 e. The van der Waals surface area contributed by atoms with Crippen molar-refractivity contribution in [1.29, 1.82) is 5.41 Å². The predicted molar refractivity (Wildman–Crippen MR) is 263 cm³/mol. The van der Waals surface area contributed by atoms with Crippen molar-refractivity contribution in [2.75, 3.05) is 0 Å². The number of rotatable bonds is 4. The number of nitrogens with one attached hydrogen (secondary N) is 1. The standard InChI is InChI=1S/C59H36N4O2/c60-57(63-58(61-35-36-16-2-1-3-17-36)45-25-15-24-42-41-22-7-12-30-51(41)64-55(42)45)38-19-14-18-37(34-38)54-44-32-33-49-56(53(44)43-23-6-11-29-50(43)62-54)65-52-31-13-10-28-48(52)59(49)46-26-8-4-20-39(46)40-21-5-9-27-47(40)59/h1-35,60H. The Kier molecular flexibility index (Phi) is 8.17. The van der Waals surface area contributed by atoms with Crippen LogP contribution in [-0.2, 0) is 5.41 Å². The zero-order chi connectivity index (χ0) is 43.1. The van der Waals surface area contributed by atoms with Gasteiger partial charge in [-0.1, -0.05) is 176 Å². The summed E-state index contributed by atoms with van der Waals surface area (Å²) in [7, 11) is 0. The summed E-state index contributed by atoms with van der Waals surface area (Å²) in [6.07, 6.45) is 1.78. The second-order valence-corrected chi connectivity index (χ2v) is 16.6. The van der Waals surface area contributed by atoms with Crippen molar-refractivity contribution in [2.24, 2.45) is 9.98 Å². The second-order valence-electron chi connectivity index (χ2n) is 16.6. The number of benzene rings is 9. The van der Waals surface area contributed by atoms with Gasteiger partial charge >= 0.3 is 0 Å². The number of ether oxygens (including phenoxy) is 1. The molecule has 2 aliphatic rings. The molecule has 0 atom stereocenters. The average molecular weight is 833 g/mol. The first-order valence-electron chi connectivity index (χ1n) is 21.8. The molecule has 1 spiro atoms. The molecule has 3 heterocycles. The van der Waals surface area contributed by atoms with Crippen LogP contribution in [0.1, 0.15) is 38.9 Å². The molecule has 0 radical (unpaired) electrons. The normalized spacial score (nSPS) is 13.6. The predicted octanol–water partition coefficient (Wildman–Crippen LogP) is 14.3. The van der Waals surface area contributed by atoms with Crippen LogP contribution >= 0.6 is 0 Å². The molecule has 0 fully saturated rings. The van der Waals surface area contributed by atoms with Crippen molar-refractivity contribution in [3.63, 3.8) is 0 Å². The second kappa shape index (κ2) is 14.4. The zero-order valence-electron chi connectivity index (χ0n) is 34.9. The van der Waals surface area contributed by atoms with Gasteiger partial charge in [0.25, 0.3) is 0 Å². The fourth-order valence-corrected chi connectivity index (χ4v) is 10.3.